The van der Waals surface area contributed by atoms with Crippen molar-refractivity contribution in [1.82, 2.24) is 0 Å². The predicted molar refractivity (Wildman–Crippen MR) is 77.9 cm³/mol. The fourth-order valence-electron chi connectivity index (χ4n) is 1.77. The number of nitrogens with zero attached hydrogens (tertiary/aromatic N) is 1. The lowest BCUT2D eigenvalue weighted by Gasteiger charge is -2.02. The summed E-state index contributed by atoms with van der Waals surface area (Å²) in [5.74, 6) is 0.303. The number of rotatable bonds is 6. The van der Waals surface area contributed by atoms with Crippen LogP contribution in [0.15, 0.2) is 48.6 Å². The zero-order valence-electron chi connectivity index (χ0n) is 11.3. The van der Waals surface area contributed by atoms with Crippen LogP contribution in [0, 0.1) is 17.2 Å². The number of allylic oxidation sites excluding steroid dienone is 4. The molecular formula is C17H21N. The molecule has 1 unspecified atom stereocenters. The Morgan fingerprint density at radius 3 is 2.67 bits per heavy atom. The van der Waals surface area contributed by atoms with Gasteiger partial charge in [-0.3, -0.25) is 0 Å². The van der Waals surface area contributed by atoms with Gasteiger partial charge < -0.3 is 0 Å². The molecule has 0 aromatic heterocycles. The van der Waals surface area contributed by atoms with Crippen molar-refractivity contribution in [3.63, 3.8) is 0 Å². The second kappa shape index (κ2) is 8.31. The Labute approximate surface area is 110 Å². The first-order valence-corrected chi connectivity index (χ1v) is 6.62. The van der Waals surface area contributed by atoms with Gasteiger partial charge in [0.1, 0.15) is 0 Å². The predicted octanol–water partition coefficient (Wildman–Crippen LogP) is 4.98. The van der Waals surface area contributed by atoms with E-state index < -0.39 is 0 Å². The summed E-state index contributed by atoms with van der Waals surface area (Å²) in [6, 6.07) is 12.1. The summed E-state index contributed by atoms with van der Waals surface area (Å²) in [6.45, 7) is 4.31. The van der Waals surface area contributed by atoms with E-state index in [-0.39, 0.29) is 0 Å². The molecule has 0 aliphatic heterocycles. The highest BCUT2D eigenvalue weighted by atomic mass is 14.2. The molecule has 1 aromatic carbocycles. The van der Waals surface area contributed by atoms with Gasteiger partial charge in [-0.25, -0.2) is 0 Å². The second-order valence-electron chi connectivity index (χ2n) is 4.49. The van der Waals surface area contributed by atoms with E-state index in [1.807, 2.05) is 36.4 Å². The Morgan fingerprint density at radius 1 is 1.33 bits per heavy atom. The largest absolute Gasteiger partial charge is 0.192 e. The van der Waals surface area contributed by atoms with Gasteiger partial charge >= 0.3 is 0 Å². The second-order valence-corrected chi connectivity index (χ2v) is 4.49. The maximum Gasteiger partial charge on any atom is 0.0994 e. The van der Waals surface area contributed by atoms with Crippen molar-refractivity contribution in [3.05, 3.63) is 54.1 Å². The smallest absolute Gasteiger partial charge is 0.0994 e. The van der Waals surface area contributed by atoms with E-state index >= 15 is 0 Å². The summed E-state index contributed by atoms with van der Waals surface area (Å²) in [6.07, 6.45) is 10.00. The van der Waals surface area contributed by atoms with Crippen molar-refractivity contribution in [1.29, 1.82) is 5.26 Å². The molecule has 0 amide bonds. The van der Waals surface area contributed by atoms with E-state index in [2.05, 4.69) is 32.1 Å². The van der Waals surface area contributed by atoms with Crippen LogP contribution in [0.2, 0.25) is 0 Å². The summed E-state index contributed by atoms with van der Waals surface area (Å²) >= 11 is 0. The molecule has 94 valence electrons. The summed E-state index contributed by atoms with van der Waals surface area (Å²) in [5.41, 5.74) is 1.75. The fourth-order valence-corrected chi connectivity index (χ4v) is 1.77. The fraction of sp³-hybridized carbons (Fsp3) is 0.353. The molecular weight excluding hydrogens is 218 g/mol. The van der Waals surface area contributed by atoms with Gasteiger partial charge in [0, 0.05) is 0 Å². The molecule has 0 radical (unpaired) electrons. The van der Waals surface area contributed by atoms with E-state index in [9.17, 15) is 5.26 Å². The lowest BCUT2D eigenvalue weighted by atomic mass is 10.0. The van der Waals surface area contributed by atoms with Crippen LogP contribution in [-0.2, 0) is 0 Å². The normalized spacial score (nSPS) is 13.5. The standard InChI is InChI=1S/C17H21N/c1-3-4-5-7-10-15(2)13-17(14-18)16-11-8-6-9-12-16/h6-13,15H,3-5H2,1-2H3/b10-7-,17-13+. The van der Waals surface area contributed by atoms with E-state index in [0.717, 1.165) is 17.6 Å². The van der Waals surface area contributed by atoms with E-state index in [1.165, 1.54) is 12.8 Å². The number of hydrogen-bond donors (Lipinski definition) is 0. The highest BCUT2D eigenvalue weighted by molar-refractivity contribution is 5.76. The van der Waals surface area contributed by atoms with Crippen molar-refractivity contribution in [2.75, 3.05) is 0 Å². The van der Waals surface area contributed by atoms with E-state index in [1.54, 1.807) is 0 Å². The van der Waals surface area contributed by atoms with Gasteiger partial charge in [0.2, 0.25) is 0 Å². The molecule has 1 atom stereocenters. The molecule has 0 saturated carbocycles. The minimum absolute atomic E-state index is 0.303. The molecule has 0 heterocycles. The van der Waals surface area contributed by atoms with Crippen LogP contribution in [0.1, 0.15) is 38.7 Å². The third-order valence-electron chi connectivity index (χ3n) is 2.80. The molecule has 0 aliphatic rings. The maximum atomic E-state index is 9.20. The SMILES string of the molecule is CCCC/C=C\C(C)/C=C(\C#N)c1ccccc1. The van der Waals surface area contributed by atoms with Crippen molar-refractivity contribution >= 4 is 5.57 Å². The van der Waals surface area contributed by atoms with Crippen LogP contribution < -0.4 is 0 Å². The molecule has 0 fully saturated rings. The van der Waals surface area contributed by atoms with Gasteiger partial charge in [-0.2, -0.15) is 5.26 Å². The number of nitriles is 1. The summed E-state index contributed by atoms with van der Waals surface area (Å²) < 4.78 is 0. The van der Waals surface area contributed by atoms with Crippen molar-refractivity contribution in [2.45, 2.75) is 33.1 Å². The molecule has 0 N–H and O–H groups in total. The van der Waals surface area contributed by atoms with Gasteiger partial charge in [-0.15, -0.1) is 0 Å². The number of unbranched alkanes of at least 4 members (excludes halogenated alkanes) is 2. The molecule has 18 heavy (non-hydrogen) atoms. The highest BCUT2D eigenvalue weighted by Gasteiger charge is 2.01. The van der Waals surface area contributed by atoms with Crippen molar-refractivity contribution in [2.24, 2.45) is 5.92 Å². The summed E-state index contributed by atoms with van der Waals surface area (Å²) in [5, 5.41) is 9.20. The summed E-state index contributed by atoms with van der Waals surface area (Å²) in [4.78, 5) is 0. The molecule has 1 heteroatoms. The minimum Gasteiger partial charge on any atom is -0.192 e. The molecule has 1 nitrogen and oxygen atoms in total. The quantitative estimate of drug-likeness (QED) is 0.390. The van der Waals surface area contributed by atoms with Crippen LogP contribution in [0.3, 0.4) is 0 Å². The van der Waals surface area contributed by atoms with Crippen LogP contribution in [-0.4, -0.2) is 0 Å². The Balaban J connectivity index is 2.68. The van der Waals surface area contributed by atoms with Gasteiger partial charge in [0.05, 0.1) is 11.6 Å². The maximum absolute atomic E-state index is 9.20. The molecule has 0 bridgehead atoms. The lowest BCUT2D eigenvalue weighted by Crippen LogP contribution is -1.87. The first-order chi connectivity index (χ1) is 8.77. The molecule has 0 spiro atoms. The average Bonchev–Trinajstić information content (AvgIpc) is 2.42. The van der Waals surface area contributed by atoms with Gasteiger partial charge in [0.25, 0.3) is 0 Å². The average molecular weight is 239 g/mol. The number of benzene rings is 1. The molecule has 0 aliphatic carbocycles. The highest BCUT2D eigenvalue weighted by Crippen LogP contribution is 2.16. The third-order valence-corrected chi connectivity index (χ3v) is 2.80. The van der Waals surface area contributed by atoms with Gasteiger partial charge in [-0.05, 0) is 17.9 Å². The Kier molecular flexibility index (Phi) is 6.58. The lowest BCUT2D eigenvalue weighted by molar-refractivity contribution is 0.806. The van der Waals surface area contributed by atoms with E-state index in [0.29, 0.717) is 5.92 Å². The minimum atomic E-state index is 0.303. The zero-order valence-corrected chi connectivity index (χ0v) is 11.3. The van der Waals surface area contributed by atoms with Crippen molar-refractivity contribution in [3.8, 4) is 6.07 Å². The van der Waals surface area contributed by atoms with E-state index in [4.69, 9.17) is 0 Å². The Hall–Kier alpha value is -1.81. The monoisotopic (exact) mass is 239 g/mol. The van der Waals surface area contributed by atoms with Crippen molar-refractivity contribution < 1.29 is 0 Å². The van der Waals surface area contributed by atoms with Crippen LogP contribution in [0.4, 0.5) is 0 Å². The summed E-state index contributed by atoms with van der Waals surface area (Å²) in [7, 11) is 0. The zero-order chi connectivity index (χ0) is 13.2. The van der Waals surface area contributed by atoms with Crippen LogP contribution >= 0.6 is 0 Å². The number of hydrogen-bond acceptors (Lipinski definition) is 1. The Morgan fingerprint density at radius 2 is 2.06 bits per heavy atom. The van der Waals surface area contributed by atoms with Crippen LogP contribution in [0.25, 0.3) is 5.57 Å². The first kappa shape index (κ1) is 14.3. The third kappa shape index (κ3) is 5.01. The Bertz CT molecular complexity index is 434. The molecule has 0 saturated heterocycles. The van der Waals surface area contributed by atoms with Crippen LogP contribution in [0.5, 0.6) is 0 Å². The first-order valence-electron chi connectivity index (χ1n) is 6.62. The van der Waals surface area contributed by atoms with Gasteiger partial charge in [0.15, 0.2) is 0 Å². The molecule has 1 aromatic rings. The van der Waals surface area contributed by atoms with Gasteiger partial charge in [-0.1, -0.05) is 75.2 Å². The molecule has 1 rings (SSSR count). The topological polar surface area (TPSA) is 23.8 Å².